The summed E-state index contributed by atoms with van der Waals surface area (Å²) in [6.45, 7) is 0. The van der Waals surface area contributed by atoms with Crippen molar-refractivity contribution in [1.29, 1.82) is 0 Å². The number of rotatable bonds is 3. The molecular weight excluding hydrogens is 252 g/mol. The third kappa shape index (κ3) is 2.40. The third-order valence-electron chi connectivity index (χ3n) is 3.41. The van der Waals surface area contributed by atoms with Gasteiger partial charge in [-0.25, -0.2) is 4.79 Å². The number of hydrazone groups is 1. The predicted molar refractivity (Wildman–Crippen MR) is 78.3 cm³/mol. The van der Waals surface area contributed by atoms with Gasteiger partial charge in [0.05, 0.1) is 17.0 Å². The number of carboxylic acids is 1. The monoisotopic (exact) mass is 266 g/mol. The molecule has 4 nitrogen and oxygen atoms in total. The molecule has 0 aromatic heterocycles. The molecule has 2 aromatic rings. The molecule has 100 valence electrons. The summed E-state index contributed by atoms with van der Waals surface area (Å²) in [5, 5.41) is 13.3. The van der Waals surface area contributed by atoms with E-state index < -0.39 is 5.97 Å². The SMILES string of the molecule is O=C(O)c1ccc(N/N=C2/CCc3ccccc32)cc1. The molecule has 0 saturated carbocycles. The van der Waals surface area contributed by atoms with Crippen LogP contribution in [0.3, 0.4) is 0 Å². The Morgan fingerprint density at radius 3 is 2.55 bits per heavy atom. The molecule has 1 aliphatic carbocycles. The smallest absolute Gasteiger partial charge is 0.335 e. The Hall–Kier alpha value is -2.62. The van der Waals surface area contributed by atoms with Crippen LogP contribution in [0.2, 0.25) is 0 Å². The zero-order valence-electron chi connectivity index (χ0n) is 10.8. The van der Waals surface area contributed by atoms with Gasteiger partial charge in [-0.15, -0.1) is 0 Å². The first-order valence-electron chi connectivity index (χ1n) is 6.48. The number of anilines is 1. The van der Waals surface area contributed by atoms with E-state index in [9.17, 15) is 4.79 Å². The maximum absolute atomic E-state index is 10.8. The number of carbonyl (C=O) groups is 1. The summed E-state index contributed by atoms with van der Waals surface area (Å²) in [5.74, 6) is -0.924. The van der Waals surface area contributed by atoms with Gasteiger partial charge in [-0.3, -0.25) is 5.43 Å². The number of carboxylic acid groups (broad SMARTS) is 1. The molecule has 0 amide bonds. The maximum Gasteiger partial charge on any atom is 0.335 e. The van der Waals surface area contributed by atoms with Crippen LogP contribution in [0.25, 0.3) is 0 Å². The van der Waals surface area contributed by atoms with E-state index in [1.54, 1.807) is 24.3 Å². The molecular formula is C16H14N2O2. The van der Waals surface area contributed by atoms with E-state index in [-0.39, 0.29) is 5.56 Å². The minimum atomic E-state index is -0.924. The van der Waals surface area contributed by atoms with Gasteiger partial charge in [0, 0.05) is 5.56 Å². The van der Waals surface area contributed by atoms with Crippen LogP contribution in [0, 0.1) is 0 Å². The predicted octanol–water partition coefficient (Wildman–Crippen LogP) is 3.15. The topological polar surface area (TPSA) is 61.7 Å². The van der Waals surface area contributed by atoms with Crippen molar-refractivity contribution in [2.75, 3.05) is 5.43 Å². The number of benzene rings is 2. The van der Waals surface area contributed by atoms with E-state index in [0.29, 0.717) is 0 Å². The molecule has 0 heterocycles. The first-order valence-corrected chi connectivity index (χ1v) is 6.48. The minimum absolute atomic E-state index is 0.273. The Balaban J connectivity index is 1.76. The summed E-state index contributed by atoms with van der Waals surface area (Å²) in [7, 11) is 0. The molecule has 2 N–H and O–H groups in total. The lowest BCUT2D eigenvalue weighted by molar-refractivity contribution is 0.0697. The molecule has 20 heavy (non-hydrogen) atoms. The molecule has 0 radical (unpaired) electrons. The van der Waals surface area contributed by atoms with Gasteiger partial charge in [-0.1, -0.05) is 24.3 Å². The van der Waals surface area contributed by atoms with E-state index >= 15 is 0 Å². The molecule has 0 atom stereocenters. The summed E-state index contributed by atoms with van der Waals surface area (Å²) in [6, 6.07) is 14.8. The highest BCUT2D eigenvalue weighted by Crippen LogP contribution is 2.22. The van der Waals surface area contributed by atoms with Crippen LogP contribution in [0.4, 0.5) is 5.69 Å². The second-order valence-corrected chi connectivity index (χ2v) is 4.71. The van der Waals surface area contributed by atoms with Crippen LogP contribution in [0.15, 0.2) is 53.6 Å². The molecule has 0 saturated heterocycles. The average Bonchev–Trinajstić information content (AvgIpc) is 2.89. The standard InChI is InChI=1S/C16H14N2O2/c19-16(20)12-5-8-13(9-6-12)17-18-15-10-7-11-3-1-2-4-14(11)15/h1-6,8-9,17H,7,10H2,(H,19,20)/b18-15-. The molecule has 3 rings (SSSR count). The van der Waals surface area contributed by atoms with Gasteiger partial charge in [0.2, 0.25) is 0 Å². The molecule has 1 aliphatic rings. The number of aromatic carboxylic acids is 1. The first-order chi connectivity index (χ1) is 9.74. The lowest BCUT2D eigenvalue weighted by Crippen LogP contribution is -2.00. The summed E-state index contributed by atoms with van der Waals surface area (Å²) < 4.78 is 0. The van der Waals surface area contributed by atoms with Crippen LogP contribution in [0.5, 0.6) is 0 Å². The third-order valence-corrected chi connectivity index (χ3v) is 3.41. The minimum Gasteiger partial charge on any atom is -0.478 e. The number of aryl methyl sites for hydroxylation is 1. The van der Waals surface area contributed by atoms with Crippen LogP contribution in [-0.4, -0.2) is 16.8 Å². The normalized spacial score (nSPS) is 15.1. The summed E-state index contributed by atoms with van der Waals surface area (Å²) in [4.78, 5) is 10.8. The van der Waals surface area contributed by atoms with Gasteiger partial charge in [-0.2, -0.15) is 5.10 Å². The van der Waals surface area contributed by atoms with Crippen molar-refractivity contribution in [2.24, 2.45) is 5.10 Å². The fourth-order valence-corrected chi connectivity index (χ4v) is 2.34. The Morgan fingerprint density at radius 1 is 1.05 bits per heavy atom. The second kappa shape index (κ2) is 5.17. The Labute approximate surface area is 116 Å². The molecule has 2 aromatic carbocycles. The number of fused-ring (bicyclic) bond motifs is 1. The van der Waals surface area contributed by atoms with Gasteiger partial charge >= 0.3 is 5.97 Å². The van der Waals surface area contributed by atoms with Crippen LogP contribution >= 0.6 is 0 Å². The second-order valence-electron chi connectivity index (χ2n) is 4.71. The maximum atomic E-state index is 10.8. The van der Waals surface area contributed by atoms with Crippen molar-refractivity contribution in [2.45, 2.75) is 12.8 Å². The van der Waals surface area contributed by atoms with Crippen molar-refractivity contribution in [1.82, 2.24) is 0 Å². The number of nitrogens with zero attached hydrogens (tertiary/aromatic N) is 1. The molecule has 0 aliphatic heterocycles. The van der Waals surface area contributed by atoms with Crippen molar-refractivity contribution < 1.29 is 9.90 Å². The van der Waals surface area contributed by atoms with Crippen molar-refractivity contribution >= 4 is 17.4 Å². The highest BCUT2D eigenvalue weighted by atomic mass is 16.4. The molecule has 0 unspecified atom stereocenters. The molecule has 0 spiro atoms. The van der Waals surface area contributed by atoms with E-state index in [1.165, 1.54) is 11.1 Å². The van der Waals surface area contributed by atoms with Gasteiger partial charge in [-0.05, 0) is 42.7 Å². The van der Waals surface area contributed by atoms with Gasteiger partial charge in [0.1, 0.15) is 0 Å². The van der Waals surface area contributed by atoms with E-state index in [4.69, 9.17) is 5.11 Å². The summed E-state index contributed by atoms with van der Waals surface area (Å²) >= 11 is 0. The van der Waals surface area contributed by atoms with E-state index in [0.717, 1.165) is 24.2 Å². The summed E-state index contributed by atoms with van der Waals surface area (Å²) in [5.41, 5.74) is 7.61. The quantitative estimate of drug-likeness (QED) is 0.839. The fourth-order valence-electron chi connectivity index (χ4n) is 2.34. The van der Waals surface area contributed by atoms with E-state index in [1.807, 2.05) is 12.1 Å². The van der Waals surface area contributed by atoms with Crippen LogP contribution in [-0.2, 0) is 6.42 Å². The zero-order valence-corrected chi connectivity index (χ0v) is 10.8. The number of hydrogen-bond acceptors (Lipinski definition) is 3. The zero-order chi connectivity index (χ0) is 13.9. The van der Waals surface area contributed by atoms with Gasteiger partial charge in [0.15, 0.2) is 0 Å². The Kier molecular flexibility index (Phi) is 3.21. The van der Waals surface area contributed by atoms with Gasteiger partial charge in [0.25, 0.3) is 0 Å². The van der Waals surface area contributed by atoms with Crippen LogP contribution < -0.4 is 5.43 Å². The fraction of sp³-hybridized carbons (Fsp3) is 0.125. The largest absolute Gasteiger partial charge is 0.478 e. The summed E-state index contributed by atoms with van der Waals surface area (Å²) in [6.07, 6.45) is 1.95. The first kappa shape index (κ1) is 12.4. The van der Waals surface area contributed by atoms with Crippen molar-refractivity contribution in [3.8, 4) is 0 Å². The Bertz CT molecular complexity index is 675. The van der Waals surface area contributed by atoms with E-state index in [2.05, 4.69) is 22.7 Å². The highest BCUT2D eigenvalue weighted by Gasteiger charge is 2.16. The Morgan fingerprint density at radius 2 is 1.80 bits per heavy atom. The highest BCUT2D eigenvalue weighted by molar-refractivity contribution is 6.04. The number of nitrogens with one attached hydrogen (secondary N) is 1. The lowest BCUT2D eigenvalue weighted by atomic mass is 10.1. The lowest BCUT2D eigenvalue weighted by Gasteiger charge is -2.03. The van der Waals surface area contributed by atoms with Crippen molar-refractivity contribution in [3.63, 3.8) is 0 Å². The molecule has 0 bridgehead atoms. The van der Waals surface area contributed by atoms with Crippen LogP contribution in [0.1, 0.15) is 27.9 Å². The average molecular weight is 266 g/mol. The van der Waals surface area contributed by atoms with Gasteiger partial charge < -0.3 is 5.11 Å². The molecule has 4 heteroatoms. The molecule has 0 fully saturated rings. The number of hydrogen-bond donors (Lipinski definition) is 2. The van der Waals surface area contributed by atoms with Crippen molar-refractivity contribution in [3.05, 3.63) is 65.2 Å².